The first-order chi connectivity index (χ1) is 8.63. The van der Waals surface area contributed by atoms with Gasteiger partial charge in [0.1, 0.15) is 0 Å². The maximum atomic E-state index is 9.33. The van der Waals surface area contributed by atoms with Crippen LogP contribution in [0.25, 0.3) is 0 Å². The van der Waals surface area contributed by atoms with E-state index >= 15 is 0 Å². The first-order valence-electron chi connectivity index (χ1n) is 5.63. The van der Waals surface area contributed by atoms with E-state index in [1.165, 1.54) is 0 Å². The second kappa shape index (κ2) is 5.70. The van der Waals surface area contributed by atoms with Gasteiger partial charge in [0.2, 0.25) is 0 Å². The average molecular weight is 282 g/mol. The quantitative estimate of drug-likeness (QED) is 0.921. The molecular formula is C14H13Cl2NO. The normalized spacial score (nSPS) is 12.4. The fourth-order valence-electron chi connectivity index (χ4n) is 1.97. The number of pyridine rings is 1. The van der Waals surface area contributed by atoms with E-state index in [9.17, 15) is 5.11 Å². The minimum Gasteiger partial charge on any atom is -0.392 e. The first kappa shape index (κ1) is 13.3. The molecule has 0 radical (unpaired) electrons. The van der Waals surface area contributed by atoms with E-state index in [-0.39, 0.29) is 12.5 Å². The van der Waals surface area contributed by atoms with Crippen LogP contribution in [0.4, 0.5) is 0 Å². The molecule has 0 saturated heterocycles. The summed E-state index contributed by atoms with van der Waals surface area (Å²) in [5, 5.41) is 10.6. The van der Waals surface area contributed by atoms with Crippen LogP contribution in [0.15, 0.2) is 36.5 Å². The first-order valence-corrected chi connectivity index (χ1v) is 6.38. The van der Waals surface area contributed by atoms with Gasteiger partial charge in [-0.2, -0.15) is 0 Å². The lowest BCUT2D eigenvalue weighted by Gasteiger charge is -2.16. The Balaban J connectivity index is 2.44. The van der Waals surface area contributed by atoms with Crippen molar-refractivity contribution in [3.8, 4) is 0 Å². The Hall–Kier alpha value is -1.09. The molecule has 1 N–H and O–H groups in total. The van der Waals surface area contributed by atoms with E-state index in [0.29, 0.717) is 10.0 Å². The molecule has 1 heterocycles. The second-order valence-corrected chi connectivity index (χ2v) is 4.94. The van der Waals surface area contributed by atoms with Gasteiger partial charge in [-0.25, -0.2) is 0 Å². The van der Waals surface area contributed by atoms with E-state index in [1.807, 2.05) is 25.1 Å². The van der Waals surface area contributed by atoms with Gasteiger partial charge in [0.15, 0.2) is 0 Å². The van der Waals surface area contributed by atoms with Gasteiger partial charge in [-0.3, -0.25) is 4.98 Å². The van der Waals surface area contributed by atoms with Crippen molar-refractivity contribution in [2.75, 3.05) is 0 Å². The largest absolute Gasteiger partial charge is 0.392 e. The lowest BCUT2D eigenvalue weighted by Crippen LogP contribution is -2.04. The van der Waals surface area contributed by atoms with Crippen LogP contribution >= 0.6 is 23.2 Å². The van der Waals surface area contributed by atoms with Gasteiger partial charge >= 0.3 is 0 Å². The Labute approximate surface area is 116 Å². The van der Waals surface area contributed by atoms with E-state index in [2.05, 4.69) is 4.98 Å². The fraction of sp³-hybridized carbons (Fsp3) is 0.214. The predicted octanol–water partition coefficient (Wildman–Crippen LogP) is 4.03. The molecule has 1 aromatic carbocycles. The third kappa shape index (κ3) is 2.66. The van der Waals surface area contributed by atoms with Gasteiger partial charge in [0.05, 0.1) is 12.3 Å². The zero-order valence-electron chi connectivity index (χ0n) is 9.90. The van der Waals surface area contributed by atoms with Crippen LogP contribution in [0.3, 0.4) is 0 Å². The molecule has 18 heavy (non-hydrogen) atoms. The highest BCUT2D eigenvalue weighted by Gasteiger charge is 2.16. The summed E-state index contributed by atoms with van der Waals surface area (Å²) in [7, 11) is 0. The third-order valence-corrected chi connectivity index (χ3v) is 3.50. The van der Waals surface area contributed by atoms with E-state index in [4.69, 9.17) is 23.2 Å². The molecule has 0 aliphatic carbocycles. The summed E-state index contributed by atoms with van der Waals surface area (Å²) in [5.41, 5.74) is 2.61. The Morgan fingerprint density at radius 2 is 2.06 bits per heavy atom. The number of hydrogen-bond donors (Lipinski definition) is 1. The summed E-state index contributed by atoms with van der Waals surface area (Å²) in [5.74, 6) is 0.0121. The van der Waals surface area contributed by atoms with E-state index in [0.717, 1.165) is 16.8 Å². The third-order valence-electron chi connectivity index (χ3n) is 2.94. The summed E-state index contributed by atoms with van der Waals surface area (Å²) in [6.45, 7) is 1.98. The Kier molecular flexibility index (Phi) is 4.23. The molecule has 0 spiro atoms. The van der Waals surface area contributed by atoms with Crippen LogP contribution in [0.1, 0.15) is 29.7 Å². The number of aromatic nitrogens is 1. The maximum absolute atomic E-state index is 9.33. The van der Waals surface area contributed by atoms with Gasteiger partial charge in [-0.05, 0) is 29.3 Å². The van der Waals surface area contributed by atoms with Crippen LogP contribution in [0.5, 0.6) is 0 Å². The molecule has 4 heteroatoms. The maximum Gasteiger partial charge on any atom is 0.0699 e. The minimum atomic E-state index is -0.0290. The Bertz CT molecular complexity index is 557. The fourth-order valence-corrected chi connectivity index (χ4v) is 2.55. The molecule has 2 aromatic rings. The van der Waals surface area contributed by atoms with Crippen LogP contribution < -0.4 is 0 Å². The van der Waals surface area contributed by atoms with Crippen LogP contribution in [-0.2, 0) is 6.61 Å². The number of benzene rings is 1. The van der Waals surface area contributed by atoms with Crippen molar-refractivity contribution < 1.29 is 5.11 Å². The van der Waals surface area contributed by atoms with Crippen molar-refractivity contribution >= 4 is 23.2 Å². The molecule has 2 rings (SSSR count). The van der Waals surface area contributed by atoms with Gasteiger partial charge in [0, 0.05) is 22.2 Å². The molecule has 0 aliphatic heterocycles. The minimum absolute atomic E-state index is 0.0121. The molecule has 1 atom stereocenters. The highest BCUT2D eigenvalue weighted by atomic mass is 35.5. The number of hydrogen-bond acceptors (Lipinski definition) is 2. The standard InChI is InChI=1S/C14H13Cl2NO/c1-9(12-5-4-11(15)7-13(12)16)14-10(8-18)3-2-6-17-14/h2-7,9,18H,8H2,1H3. The number of rotatable bonds is 3. The number of nitrogens with zero attached hydrogens (tertiary/aromatic N) is 1. The Morgan fingerprint density at radius 1 is 1.28 bits per heavy atom. The summed E-state index contributed by atoms with van der Waals surface area (Å²) in [6.07, 6.45) is 1.72. The monoisotopic (exact) mass is 281 g/mol. The van der Waals surface area contributed by atoms with Crippen LogP contribution in [0, 0.1) is 0 Å². The molecule has 0 fully saturated rings. The molecule has 1 unspecified atom stereocenters. The number of aliphatic hydroxyl groups is 1. The second-order valence-electron chi connectivity index (χ2n) is 4.09. The molecule has 0 amide bonds. The molecule has 2 nitrogen and oxygen atoms in total. The SMILES string of the molecule is CC(c1ccc(Cl)cc1Cl)c1ncccc1CO. The highest BCUT2D eigenvalue weighted by molar-refractivity contribution is 6.35. The lowest BCUT2D eigenvalue weighted by atomic mass is 9.94. The zero-order chi connectivity index (χ0) is 13.1. The van der Waals surface area contributed by atoms with Crippen LogP contribution in [-0.4, -0.2) is 10.1 Å². The summed E-state index contributed by atoms with van der Waals surface area (Å²) < 4.78 is 0. The van der Waals surface area contributed by atoms with Crippen LogP contribution in [0.2, 0.25) is 10.0 Å². The van der Waals surface area contributed by atoms with Crippen molar-refractivity contribution in [3.05, 3.63) is 63.4 Å². The van der Waals surface area contributed by atoms with Crippen molar-refractivity contribution in [1.29, 1.82) is 0 Å². The van der Waals surface area contributed by atoms with Gasteiger partial charge in [0.25, 0.3) is 0 Å². The van der Waals surface area contributed by atoms with E-state index in [1.54, 1.807) is 18.3 Å². The predicted molar refractivity (Wildman–Crippen MR) is 74.1 cm³/mol. The summed E-state index contributed by atoms with van der Waals surface area (Å²) in [4.78, 5) is 4.34. The van der Waals surface area contributed by atoms with E-state index < -0.39 is 0 Å². The summed E-state index contributed by atoms with van der Waals surface area (Å²) >= 11 is 12.1. The van der Waals surface area contributed by atoms with Crippen molar-refractivity contribution in [2.45, 2.75) is 19.4 Å². The van der Waals surface area contributed by atoms with Gasteiger partial charge < -0.3 is 5.11 Å². The zero-order valence-corrected chi connectivity index (χ0v) is 11.4. The smallest absolute Gasteiger partial charge is 0.0699 e. The average Bonchev–Trinajstić information content (AvgIpc) is 2.38. The highest BCUT2D eigenvalue weighted by Crippen LogP contribution is 2.32. The molecule has 0 aliphatic rings. The van der Waals surface area contributed by atoms with Crippen molar-refractivity contribution in [3.63, 3.8) is 0 Å². The number of halogens is 2. The molecule has 0 bridgehead atoms. The topological polar surface area (TPSA) is 33.1 Å². The number of aliphatic hydroxyl groups excluding tert-OH is 1. The van der Waals surface area contributed by atoms with Crippen molar-refractivity contribution in [1.82, 2.24) is 4.98 Å². The lowest BCUT2D eigenvalue weighted by molar-refractivity contribution is 0.279. The molecular weight excluding hydrogens is 269 g/mol. The molecule has 1 aromatic heterocycles. The van der Waals surface area contributed by atoms with Gasteiger partial charge in [-0.1, -0.05) is 42.3 Å². The van der Waals surface area contributed by atoms with Crippen molar-refractivity contribution in [2.24, 2.45) is 0 Å². The van der Waals surface area contributed by atoms with Gasteiger partial charge in [-0.15, -0.1) is 0 Å². The Morgan fingerprint density at radius 3 is 2.72 bits per heavy atom. The summed E-state index contributed by atoms with van der Waals surface area (Å²) in [6, 6.07) is 9.09. The molecule has 0 saturated carbocycles. The molecule has 94 valence electrons.